The molecular weight excluding hydrogens is 363 g/mol. The molecule has 0 spiro atoms. The third-order valence-corrected chi connectivity index (χ3v) is 5.13. The fraction of sp³-hybridized carbons (Fsp3) is 0.136. The molecule has 3 nitrogen and oxygen atoms in total. The molecule has 1 aliphatic rings. The first-order chi connectivity index (χ1) is 13.5. The van der Waals surface area contributed by atoms with Crippen molar-refractivity contribution < 1.29 is 13.2 Å². The number of anilines is 1. The van der Waals surface area contributed by atoms with Crippen molar-refractivity contribution in [3.63, 3.8) is 0 Å². The van der Waals surface area contributed by atoms with E-state index in [2.05, 4.69) is 10.4 Å². The van der Waals surface area contributed by atoms with Gasteiger partial charge in [-0.1, -0.05) is 54.6 Å². The van der Waals surface area contributed by atoms with Crippen molar-refractivity contribution in [1.29, 1.82) is 0 Å². The van der Waals surface area contributed by atoms with Crippen molar-refractivity contribution in [3.05, 3.63) is 77.9 Å². The van der Waals surface area contributed by atoms with Crippen molar-refractivity contribution in [2.75, 3.05) is 11.9 Å². The average Bonchev–Trinajstić information content (AvgIpc) is 3.30. The summed E-state index contributed by atoms with van der Waals surface area (Å²) >= 11 is 0. The highest BCUT2D eigenvalue weighted by atomic mass is 19.4. The molecule has 1 N–H and O–H groups in total. The largest absolute Gasteiger partial charge is 0.418 e. The van der Waals surface area contributed by atoms with Gasteiger partial charge in [0, 0.05) is 17.7 Å². The fourth-order valence-electron chi connectivity index (χ4n) is 3.90. The van der Waals surface area contributed by atoms with E-state index >= 15 is 0 Å². The molecule has 1 aliphatic heterocycles. The number of para-hydroxylation sites is 1. The molecule has 6 heteroatoms. The topological polar surface area (TPSA) is 29.9 Å². The molecule has 0 saturated carbocycles. The Morgan fingerprint density at radius 3 is 2.50 bits per heavy atom. The average molecular weight is 379 g/mol. The molecule has 140 valence electrons. The Hall–Kier alpha value is -3.28. The molecule has 0 amide bonds. The van der Waals surface area contributed by atoms with Gasteiger partial charge in [-0.2, -0.15) is 18.3 Å². The molecule has 0 unspecified atom stereocenters. The number of benzene rings is 3. The zero-order valence-corrected chi connectivity index (χ0v) is 14.8. The molecule has 0 bridgehead atoms. The molecule has 5 rings (SSSR count). The van der Waals surface area contributed by atoms with Crippen LogP contribution in [-0.4, -0.2) is 16.3 Å². The highest BCUT2D eigenvalue weighted by Gasteiger charge is 2.35. The summed E-state index contributed by atoms with van der Waals surface area (Å²) in [6, 6.07) is 19.5. The van der Waals surface area contributed by atoms with E-state index < -0.39 is 11.7 Å². The first kappa shape index (κ1) is 16.9. The molecule has 4 aromatic rings. The molecule has 0 fully saturated rings. The minimum absolute atomic E-state index is 0.0344. The van der Waals surface area contributed by atoms with E-state index in [0.29, 0.717) is 12.4 Å². The van der Waals surface area contributed by atoms with Crippen LogP contribution >= 0.6 is 0 Å². The second kappa shape index (κ2) is 6.12. The first-order valence-corrected chi connectivity index (χ1v) is 9.04. The molecule has 28 heavy (non-hydrogen) atoms. The number of nitrogens with zero attached hydrogens (tertiary/aromatic N) is 2. The predicted octanol–water partition coefficient (Wildman–Crippen LogP) is 5.68. The van der Waals surface area contributed by atoms with Crippen LogP contribution in [0.2, 0.25) is 0 Å². The van der Waals surface area contributed by atoms with E-state index in [-0.39, 0.29) is 5.69 Å². The number of nitrogens with one attached hydrogen (secondary N) is 1. The van der Waals surface area contributed by atoms with Gasteiger partial charge in [-0.15, -0.1) is 0 Å². The summed E-state index contributed by atoms with van der Waals surface area (Å²) in [6.45, 7) is 0.680. The minimum atomic E-state index is -4.45. The number of rotatable bonds is 2. The Labute approximate surface area is 159 Å². The van der Waals surface area contributed by atoms with Crippen molar-refractivity contribution in [2.45, 2.75) is 12.6 Å². The molecular formula is C22H16F3N3. The number of hydrogen-bond donors (Lipinski definition) is 1. The van der Waals surface area contributed by atoms with Crippen molar-refractivity contribution in [3.8, 4) is 16.9 Å². The standard InChI is InChI=1S/C22H16F3N3/c23-22(24,25)18-10-3-4-11-19(18)28-21-17(12-13-26-21)20(27-28)16-9-5-7-14-6-1-2-8-15(14)16/h1-11,26H,12-13H2. The van der Waals surface area contributed by atoms with Crippen LogP contribution in [0.15, 0.2) is 66.7 Å². The second-order valence-corrected chi connectivity index (χ2v) is 6.81. The van der Waals surface area contributed by atoms with Crippen molar-refractivity contribution >= 4 is 16.6 Å². The minimum Gasteiger partial charge on any atom is -0.369 e. The van der Waals surface area contributed by atoms with Gasteiger partial charge in [-0.05, 0) is 29.3 Å². The fourth-order valence-corrected chi connectivity index (χ4v) is 3.90. The summed E-state index contributed by atoms with van der Waals surface area (Å²) in [4.78, 5) is 0. The molecule has 0 atom stereocenters. The third kappa shape index (κ3) is 2.56. The summed E-state index contributed by atoms with van der Waals surface area (Å²) in [5.41, 5.74) is 1.95. The predicted molar refractivity (Wildman–Crippen MR) is 104 cm³/mol. The van der Waals surface area contributed by atoms with Crippen LogP contribution in [0.1, 0.15) is 11.1 Å². The molecule has 1 aromatic heterocycles. The smallest absolute Gasteiger partial charge is 0.369 e. The molecule has 0 aliphatic carbocycles. The zero-order chi connectivity index (χ0) is 19.3. The summed E-state index contributed by atoms with van der Waals surface area (Å²) in [7, 11) is 0. The van der Waals surface area contributed by atoms with Crippen LogP contribution in [0.5, 0.6) is 0 Å². The van der Waals surface area contributed by atoms with Crippen LogP contribution in [0.4, 0.5) is 19.0 Å². The van der Waals surface area contributed by atoms with Gasteiger partial charge < -0.3 is 5.32 Å². The van der Waals surface area contributed by atoms with Crippen molar-refractivity contribution in [2.24, 2.45) is 0 Å². The lowest BCUT2D eigenvalue weighted by Crippen LogP contribution is -2.13. The van der Waals surface area contributed by atoms with Crippen LogP contribution in [0.3, 0.4) is 0 Å². The lowest BCUT2D eigenvalue weighted by atomic mass is 9.99. The Bertz CT molecular complexity index is 1190. The molecule has 3 aromatic carbocycles. The zero-order valence-electron chi connectivity index (χ0n) is 14.8. The van der Waals surface area contributed by atoms with Crippen molar-refractivity contribution in [1.82, 2.24) is 9.78 Å². The Kier molecular flexibility index (Phi) is 3.69. The number of hydrogen-bond acceptors (Lipinski definition) is 2. The second-order valence-electron chi connectivity index (χ2n) is 6.81. The lowest BCUT2D eigenvalue weighted by Gasteiger charge is -2.14. The lowest BCUT2D eigenvalue weighted by molar-refractivity contribution is -0.137. The highest BCUT2D eigenvalue weighted by molar-refractivity contribution is 5.97. The monoisotopic (exact) mass is 379 g/mol. The van der Waals surface area contributed by atoms with E-state index in [1.54, 1.807) is 6.07 Å². The van der Waals surface area contributed by atoms with Crippen LogP contribution in [0.25, 0.3) is 27.7 Å². The van der Waals surface area contributed by atoms with E-state index in [0.717, 1.165) is 40.1 Å². The van der Waals surface area contributed by atoms with Crippen LogP contribution in [-0.2, 0) is 12.6 Å². The normalized spacial score (nSPS) is 13.5. The van der Waals surface area contributed by atoms with Crippen LogP contribution in [0, 0.1) is 0 Å². The third-order valence-electron chi connectivity index (χ3n) is 5.13. The molecule has 0 saturated heterocycles. The summed E-state index contributed by atoms with van der Waals surface area (Å²) in [5, 5.41) is 9.98. The maximum absolute atomic E-state index is 13.6. The summed E-state index contributed by atoms with van der Waals surface area (Å²) in [6.07, 6.45) is -3.73. The Morgan fingerprint density at radius 2 is 1.64 bits per heavy atom. The Morgan fingerprint density at radius 1 is 0.893 bits per heavy atom. The summed E-state index contributed by atoms with van der Waals surface area (Å²) in [5.74, 6) is 0.639. The SMILES string of the molecule is FC(F)(F)c1ccccc1-n1nc(-c2cccc3ccccc23)c2c1NCC2. The van der Waals surface area contributed by atoms with Gasteiger partial charge in [0.1, 0.15) is 5.82 Å². The number of fused-ring (bicyclic) bond motifs is 2. The van der Waals surface area contributed by atoms with Gasteiger partial charge in [-0.25, -0.2) is 4.68 Å². The van der Waals surface area contributed by atoms with Gasteiger partial charge in [0.15, 0.2) is 0 Å². The van der Waals surface area contributed by atoms with Crippen LogP contribution < -0.4 is 5.32 Å². The Balaban J connectivity index is 1.77. The van der Waals surface area contributed by atoms with Gasteiger partial charge >= 0.3 is 6.18 Å². The molecule has 2 heterocycles. The van der Waals surface area contributed by atoms with E-state index in [9.17, 15) is 13.2 Å². The van der Waals surface area contributed by atoms with Gasteiger partial charge in [0.25, 0.3) is 0 Å². The maximum Gasteiger partial charge on any atom is 0.418 e. The van der Waals surface area contributed by atoms with E-state index in [1.165, 1.54) is 16.8 Å². The van der Waals surface area contributed by atoms with Gasteiger partial charge in [0.05, 0.1) is 16.9 Å². The quantitative estimate of drug-likeness (QED) is 0.486. The number of alkyl halides is 3. The first-order valence-electron chi connectivity index (χ1n) is 9.04. The number of aromatic nitrogens is 2. The van der Waals surface area contributed by atoms with Gasteiger partial charge in [0.2, 0.25) is 0 Å². The maximum atomic E-state index is 13.6. The van der Waals surface area contributed by atoms with Gasteiger partial charge in [-0.3, -0.25) is 0 Å². The number of halogens is 3. The highest BCUT2D eigenvalue weighted by Crippen LogP contribution is 2.40. The van der Waals surface area contributed by atoms with E-state index in [1.807, 2.05) is 42.5 Å². The van der Waals surface area contributed by atoms with E-state index in [4.69, 9.17) is 0 Å². The summed E-state index contributed by atoms with van der Waals surface area (Å²) < 4.78 is 42.1. The molecule has 0 radical (unpaired) electrons.